The molecule has 0 N–H and O–H groups in total. The second kappa shape index (κ2) is 8.18. The molecular weight excluding hydrogens is 252 g/mol. The number of rotatable bonds is 7. The van der Waals surface area contributed by atoms with Gasteiger partial charge >= 0.3 is 0 Å². The van der Waals surface area contributed by atoms with Crippen molar-refractivity contribution in [3.8, 4) is 0 Å². The molecular formula is C17H24O3. The van der Waals surface area contributed by atoms with Crippen LogP contribution in [-0.2, 0) is 9.47 Å². The Bertz CT molecular complexity index is 402. The summed E-state index contributed by atoms with van der Waals surface area (Å²) in [6.45, 7) is 2.88. The van der Waals surface area contributed by atoms with Crippen LogP contribution >= 0.6 is 0 Å². The van der Waals surface area contributed by atoms with E-state index >= 15 is 0 Å². The molecule has 1 aromatic carbocycles. The molecule has 1 heterocycles. The Hall–Kier alpha value is -1.19. The van der Waals surface area contributed by atoms with E-state index < -0.39 is 0 Å². The fraction of sp³-hybridized carbons (Fsp3) is 0.588. The zero-order valence-corrected chi connectivity index (χ0v) is 12.2. The van der Waals surface area contributed by atoms with E-state index in [1.165, 1.54) is 12.8 Å². The lowest BCUT2D eigenvalue weighted by atomic mass is 10.0. The highest BCUT2D eigenvalue weighted by Gasteiger charge is 2.24. The maximum absolute atomic E-state index is 12.2. The molecule has 0 bridgehead atoms. The Balaban J connectivity index is 1.79. The highest BCUT2D eigenvalue weighted by molar-refractivity contribution is 5.96. The average Bonchev–Trinajstić information content (AvgIpc) is 2.49. The van der Waals surface area contributed by atoms with E-state index in [-0.39, 0.29) is 18.2 Å². The Labute approximate surface area is 121 Å². The van der Waals surface area contributed by atoms with Crippen LogP contribution in [0.3, 0.4) is 0 Å². The van der Waals surface area contributed by atoms with Gasteiger partial charge in [0.25, 0.3) is 0 Å². The fourth-order valence-corrected chi connectivity index (χ4v) is 2.46. The molecule has 3 heteroatoms. The largest absolute Gasteiger partial charge is 0.353 e. The van der Waals surface area contributed by atoms with Crippen LogP contribution in [0.4, 0.5) is 0 Å². The van der Waals surface area contributed by atoms with Crippen LogP contribution in [0, 0.1) is 0 Å². The van der Waals surface area contributed by atoms with Crippen LogP contribution in [0.25, 0.3) is 0 Å². The second-order valence-electron chi connectivity index (χ2n) is 5.34. The lowest BCUT2D eigenvalue weighted by Gasteiger charge is -2.30. The van der Waals surface area contributed by atoms with Crippen molar-refractivity contribution in [2.45, 2.75) is 57.8 Å². The van der Waals surface area contributed by atoms with E-state index in [0.717, 1.165) is 24.8 Å². The molecule has 0 aliphatic carbocycles. The highest BCUT2D eigenvalue weighted by atomic mass is 16.7. The van der Waals surface area contributed by atoms with E-state index in [4.69, 9.17) is 9.47 Å². The summed E-state index contributed by atoms with van der Waals surface area (Å²) in [5.41, 5.74) is 0.769. The molecule has 0 spiro atoms. The number of unbranched alkanes of at least 4 members (excludes halogenated alkanes) is 2. The molecule has 1 aromatic rings. The van der Waals surface area contributed by atoms with Crippen LogP contribution in [-0.4, -0.2) is 24.8 Å². The first-order valence-corrected chi connectivity index (χ1v) is 7.65. The molecule has 20 heavy (non-hydrogen) atoms. The minimum Gasteiger partial charge on any atom is -0.353 e. The quantitative estimate of drug-likeness (QED) is 0.558. The van der Waals surface area contributed by atoms with Gasteiger partial charge in [0.05, 0.1) is 12.7 Å². The first-order chi connectivity index (χ1) is 9.79. The van der Waals surface area contributed by atoms with Gasteiger partial charge < -0.3 is 9.47 Å². The van der Waals surface area contributed by atoms with Crippen molar-refractivity contribution in [1.82, 2.24) is 0 Å². The van der Waals surface area contributed by atoms with E-state index in [1.807, 2.05) is 30.3 Å². The summed E-state index contributed by atoms with van der Waals surface area (Å²) >= 11 is 0. The maximum atomic E-state index is 12.2. The lowest BCUT2D eigenvalue weighted by Crippen LogP contribution is -2.33. The third-order valence-corrected chi connectivity index (χ3v) is 3.64. The molecule has 0 saturated carbocycles. The SMILES string of the molecule is CCCCC[C@@H]1OCC[C@H](CC(=O)c2ccccc2)O1. The number of Topliss-reactive ketones (excluding diaryl/α,β-unsaturated/α-hetero) is 1. The summed E-state index contributed by atoms with van der Waals surface area (Å²) in [5, 5.41) is 0. The monoisotopic (exact) mass is 276 g/mol. The molecule has 0 aromatic heterocycles. The van der Waals surface area contributed by atoms with E-state index in [2.05, 4.69) is 6.92 Å². The molecule has 110 valence electrons. The maximum Gasteiger partial charge on any atom is 0.165 e. The zero-order valence-electron chi connectivity index (χ0n) is 12.2. The van der Waals surface area contributed by atoms with Gasteiger partial charge in [0.1, 0.15) is 0 Å². The highest BCUT2D eigenvalue weighted by Crippen LogP contribution is 2.21. The molecule has 2 rings (SSSR count). The van der Waals surface area contributed by atoms with Gasteiger partial charge in [-0.1, -0.05) is 50.1 Å². The predicted octanol–water partition coefficient (Wildman–Crippen LogP) is 3.97. The van der Waals surface area contributed by atoms with Crippen molar-refractivity contribution >= 4 is 5.78 Å². The smallest absolute Gasteiger partial charge is 0.165 e. The van der Waals surface area contributed by atoms with Crippen LogP contribution in [0.1, 0.15) is 55.8 Å². The first-order valence-electron chi connectivity index (χ1n) is 7.65. The lowest BCUT2D eigenvalue weighted by molar-refractivity contribution is -0.213. The summed E-state index contributed by atoms with van der Waals surface area (Å²) in [6, 6.07) is 9.43. The van der Waals surface area contributed by atoms with Gasteiger partial charge in [0, 0.05) is 12.0 Å². The molecule has 3 nitrogen and oxygen atoms in total. The van der Waals surface area contributed by atoms with E-state index in [9.17, 15) is 4.79 Å². The molecule has 0 radical (unpaired) electrons. The standard InChI is InChI=1S/C17H24O3/c1-2-3-5-10-17-19-12-11-15(20-17)13-16(18)14-8-6-4-7-9-14/h4,6-9,15,17H,2-3,5,10-13H2,1H3/t15-,17-/m1/s1. The predicted molar refractivity (Wildman–Crippen MR) is 78.8 cm³/mol. The third-order valence-electron chi connectivity index (χ3n) is 3.64. The third kappa shape index (κ3) is 4.73. The van der Waals surface area contributed by atoms with Crippen molar-refractivity contribution in [1.29, 1.82) is 0 Å². The number of benzene rings is 1. The molecule has 1 fully saturated rings. The van der Waals surface area contributed by atoms with Crippen molar-refractivity contribution in [2.24, 2.45) is 0 Å². The zero-order chi connectivity index (χ0) is 14.2. The summed E-state index contributed by atoms with van der Waals surface area (Å²) in [5.74, 6) is 0.157. The Kier molecular flexibility index (Phi) is 6.22. The van der Waals surface area contributed by atoms with Crippen molar-refractivity contribution in [3.05, 3.63) is 35.9 Å². The van der Waals surface area contributed by atoms with Gasteiger partial charge in [-0.05, 0) is 19.3 Å². The number of ketones is 1. The van der Waals surface area contributed by atoms with Gasteiger partial charge in [-0.25, -0.2) is 0 Å². The summed E-state index contributed by atoms with van der Waals surface area (Å²) in [6.07, 6.45) is 5.61. The van der Waals surface area contributed by atoms with Gasteiger partial charge in [0.2, 0.25) is 0 Å². The molecule has 2 atom stereocenters. The number of hydrogen-bond donors (Lipinski definition) is 0. The normalized spacial score (nSPS) is 22.6. The number of hydrogen-bond acceptors (Lipinski definition) is 3. The van der Waals surface area contributed by atoms with Crippen LogP contribution < -0.4 is 0 Å². The molecule has 0 unspecified atom stereocenters. The Morgan fingerprint density at radius 1 is 1.25 bits per heavy atom. The topological polar surface area (TPSA) is 35.5 Å². The Morgan fingerprint density at radius 3 is 2.80 bits per heavy atom. The number of carbonyl (C=O) groups excluding carboxylic acids is 1. The van der Waals surface area contributed by atoms with Crippen LogP contribution in [0.2, 0.25) is 0 Å². The van der Waals surface area contributed by atoms with Crippen molar-refractivity contribution in [3.63, 3.8) is 0 Å². The fourth-order valence-electron chi connectivity index (χ4n) is 2.46. The molecule has 0 amide bonds. The summed E-state index contributed by atoms with van der Waals surface area (Å²) in [4.78, 5) is 12.2. The first kappa shape index (κ1) is 15.2. The van der Waals surface area contributed by atoms with Gasteiger partial charge in [0.15, 0.2) is 12.1 Å². The van der Waals surface area contributed by atoms with Crippen LogP contribution in [0.5, 0.6) is 0 Å². The van der Waals surface area contributed by atoms with Gasteiger partial charge in [-0.3, -0.25) is 4.79 Å². The Morgan fingerprint density at radius 2 is 2.05 bits per heavy atom. The van der Waals surface area contributed by atoms with Crippen molar-refractivity contribution in [2.75, 3.05) is 6.61 Å². The summed E-state index contributed by atoms with van der Waals surface area (Å²) < 4.78 is 11.5. The molecule has 1 saturated heterocycles. The second-order valence-corrected chi connectivity index (χ2v) is 5.34. The van der Waals surface area contributed by atoms with Gasteiger partial charge in [-0.15, -0.1) is 0 Å². The number of ether oxygens (including phenoxy) is 2. The molecule has 1 aliphatic rings. The number of carbonyl (C=O) groups is 1. The minimum absolute atomic E-state index is 0.00285. The van der Waals surface area contributed by atoms with E-state index in [1.54, 1.807) is 0 Å². The van der Waals surface area contributed by atoms with E-state index in [0.29, 0.717) is 13.0 Å². The summed E-state index contributed by atoms with van der Waals surface area (Å²) in [7, 11) is 0. The van der Waals surface area contributed by atoms with Crippen molar-refractivity contribution < 1.29 is 14.3 Å². The van der Waals surface area contributed by atoms with Crippen LogP contribution in [0.15, 0.2) is 30.3 Å². The average molecular weight is 276 g/mol. The van der Waals surface area contributed by atoms with Gasteiger partial charge in [-0.2, -0.15) is 0 Å². The molecule has 1 aliphatic heterocycles. The minimum atomic E-state index is -0.121.